The topological polar surface area (TPSA) is 12.0 Å². The second kappa shape index (κ2) is 5.29. The van der Waals surface area contributed by atoms with Crippen LogP contribution in [0.5, 0.6) is 0 Å². The van der Waals surface area contributed by atoms with Crippen molar-refractivity contribution in [1.82, 2.24) is 5.32 Å². The third-order valence-electron chi connectivity index (χ3n) is 1.89. The zero-order valence-electron chi connectivity index (χ0n) is 7.51. The van der Waals surface area contributed by atoms with Crippen molar-refractivity contribution in [3.05, 3.63) is 21.3 Å². The van der Waals surface area contributed by atoms with Gasteiger partial charge < -0.3 is 5.32 Å². The van der Waals surface area contributed by atoms with Crippen LogP contribution in [0.4, 0.5) is 0 Å². The number of hydrogen-bond acceptors (Lipinski definition) is 2. The molecule has 0 aromatic carbocycles. The van der Waals surface area contributed by atoms with Crippen molar-refractivity contribution in [3.8, 4) is 12.3 Å². The highest BCUT2D eigenvalue weighted by atomic mass is 35.5. The van der Waals surface area contributed by atoms with Gasteiger partial charge in [-0.2, -0.15) is 0 Å². The first-order valence-electron chi connectivity index (χ1n) is 4.13. The number of rotatable bonds is 4. The molecule has 0 aliphatic carbocycles. The molecule has 0 radical (unpaired) electrons. The van der Waals surface area contributed by atoms with E-state index in [1.165, 1.54) is 4.88 Å². The summed E-state index contributed by atoms with van der Waals surface area (Å²) in [6, 6.07) is 2.21. The summed E-state index contributed by atoms with van der Waals surface area (Å²) >= 11 is 7.68. The summed E-state index contributed by atoms with van der Waals surface area (Å²) in [7, 11) is 1.93. The van der Waals surface area contributed by atoms with E-state index in [2.05, 4.69) is 11.2 Å². The van der Waals surface area contributed by atoms with E-state index in [4.69, 9.17) is 18.0 Å². The van der Waals surface area contributed by atoms with Gasteiger partial charge in [0.2, 0.25) is 0 Å². The van der Waals surface area contributed by atoms with Gasteiger partial charge in [-0.05, 0) is 24.9 Å². The van der Waals surface area contributed by atoms with Gasteiger partial charge in [0, 0.05) is 17.3 Å². The van der Waals surface area contributed by atoms with Crippen molar-refractivity contribution < 1.29 is 0 Å². The monoisotopic (exact) mass is 213 g/mol. The van der Waals surface area contributed by atoms with Crippen molar-refractivity contribution >= 4 is 22.9 Å². The fraction of sp³-hybridized carbons (Fsp3) is 0.400. The SMILES string of the molecule is C#CCCC(NC)c1sccc1Cl. The summed E-state index contributed by atoms with van der Waals surface area (Å²) < 4.78 is 0. The van der Waals surface area contributed by atoms with Crippen molar-refractivity contribution in [2.24, 2.45) is 0 Å². The van der Waals surface area contributed by atoms with Crippen LogP contribution in [0.3, 0.4) is 0 Å². The van der Waals surface area contributed by atoms with E-state index in [9.17, 15) is 0 Å². The zero-order valence-corrected chi connectivity index (χ0v) is 9.08. The number of halogens is 1. The molecule has 70 valence electrons. The van der Waals surface area contributed by atoms with Gasteiger partial charge in [-0.25, -0.2) is 0 Å². The Labute approximate surface area is 88.1 Å². The molecule has 0 bridgehead atoms. The molecule has 0 amide bonds. The molecule has 13 heavy (non-hydrogen) atoms. The zero-order chi connectivity index (χ0) is 9.68. The summed E-state index contributed by atoms with van der Waals surface area (Å²) in [6.07, 6.45) is 6.93. The molecule has 1 rings (SSSR count). The second-order valence-electron chi connectivity index (χ2n) is 2.72. The molecule has 0 saturated heterocycles. The van der Waals surface area contributed by atoms with E-state index < -0.39 is 0 Å². The lowest BCUT2D eigenvalue weighted by Gasteiger charge is -2.13. The highest BCUT2D eigenvalue weighted by Gasteiger charge is 2.12. The first kappa shape index (κ1) is 10.6. The summed E-state index contributed by atoms with van der Waals surface area (Å²) in [5.74, 6) is 2.64. The number of terminal acetylenes is 1. The molecule has 1 aromatic rings. The molecule has 0 saturated carbocycles. The molecule has 1 atom stereocenters. The average molecular weight is 214 g/mol. The average Bonchev–Trinajstić information content (AvgIpc) is 2.54. The Morgan fingerprint density at radius 1 is 1.77 bits per heavy atom. The van der Waals surface area contributed by atoms with Crippen LogP contribution >= 0.6 is 22.9 Å². The van der Waals surface area contributed by atoms with E-state index >= 15 is 0 Å². The van der Waals surface area contributed by atoms with Crippen LogP contribution in [0.25, 0.3) is 0 Å². The van der Waals surface area contributed by atoms with E-state index in [-0.39, 0.29) is 0 Å². The predicted octanol–water partition coefficient (Wildman–Crippen LogP) is 3.08. The normalized spacial score (nSPS) is 12.4. The summed E-state index contributed by atoms with van der Waals surface area (Å²) in [4.78, 5) is 1.18. The molecule has 1 N–H and O–H groups in total. The molecule has 3 heteroatoms. The Kier molecular flexibility index (Phi) is 4.31. The van der Waals surface area contributed by atoms with Crippen LogP contribution in [0.2, 0.25) is 5.02 Å². The van der Waals surface area contributed by atoms with Gasteiger partial charge >= 0.3 is 0 Å². The highest BCUT2D eigenvalue weighted by Crippen LogP contribution is 2.30. The first-order valence-corrected chi connectivity index (χ1v) is 5.39. The van der Waals surface area contributed by atoms with Crippen LogP contribution in [0.15, 0.2) is 11.4 Å². The Balaban J connectivity index is 2.68. The van der Waals surface area contributed by atoms with Gasteiger partial charge in [0.25, 0.3) is 0 Å². The summed E-state index contributed by atoms with van der Waals surface area (Å²) in [5.41, 5.74) is 0. The molecule has 1 unspecified atom stereocenters. The molecule has 1 nitrogen and oxygen atoms in total. The fourth-order valence-electron chi connectivity index (χ4n) is 1.19. The maximum Gasteiger partial charge on any atom is 0.0561 e. The third kappa shape index (κ3) is 2.73. The predicted molar refractivity (Wildman–Crippen MR) is 59.2 cm³/mol. The van der Waals surface area contributed by atoms with Gasteiger partial charge in [-0.3, -0.25) is 0 Å². The Hall–Kier alpha value is -0.490. The van der Waals surface area contributed by atoms with E-state index in [0.717, 1.165) is 17.9 Å². The van der Waals surface area contributed by atoms with Crippen LogP contribution in [0, 0.1) is 12.3 Å². The standard InChI is InChI=1S/C10H12ClNS/c1-3-4-5-9(12-2)10-8(11)6-7-13-10/h1,6-7,9,12H,4-5H2,2H3. The van der Waals surface area contributed by atoms with Gasteiger partial charge in [0.05, 0.1) is 5.02 Å². The largest absolute Gasteiger partial charge is 0.312 e. The van der Waals surface area contributed by atoms with Crippen molar-refractivity contribution in [2.45, 2.75) is 18.9 Å². The van der Waals surface area contributed by atoms with Crippen molar-refractivity contribution in [1.29, 1.82) is 0 Å². The molecule has 1 heterocycles. The minimum absolute atomic E-state index is 0.295. The van der Waals surface area contributed by atoms with Gasteiger partial charge in [0.1, 0.15) is 0 Å². The molecule has 0 aliphatic rings. The fourth-order valence-corrected chi connectivity index (χ4v) is 2.52. The number of thiophene rings is 1. The summed E-state index contributed by atoms with van der Waals surface area (Å²) in [5, 5.41) is 6.04. The minimum Gasteiger partial charge on any atom is -0.312 e. The molecule has 0 fully saturated rings. The summed E-state index contributed by atoms with van der Waals surface area (Å²) in [6.45, 7) is 0. The smallest absolute Gasteiger partial charge is 0.0561 e. The lowest BCUT2D eigenvalue weighted by atomic mass is 10.1. The van der Waals surface area contributed by atoms with E-state index in [0.29, 0.717) is 6.04 Å². The first-order chi connectivity index (χ1) is 6.29. The van der Waals surface area contributed by atoms with Crippen LogP contribution in [-0.2, 0) is 0 Å². The molecular formula is C10H12ClNS. The van der Waals surface area contributed by atoms with Gasteiger partial charge in [-0.15, -0.1) is 23.7 Å². The number of nitrogens with one attached hydrogen (secondary N) is 1. The molecule has 0 spiro atoms. The molecule has 0 aliphatic heterocycles. The Morgan fingerprint density at radius 2 is 2.54 bits per heavy atom. The van der Waals surface area contributed by atoms with Gasteiger partial charge in [0.15, 0.2) is 0 Å². The van der Waals surface area contributed by atoms with E-state index in [1.807, 2.05) is 18.5 Å². The van der Waals surface area contributed by atoms with E-state index in [1.54, 1.807) is 11.3 Å². The van der Waals surface area contributed by atoms with Crippen LogP contribution in [0.1, 0.15) is 23.8 Å². The lowest BCUT2D eigenvalue weighted by molar-refractivity contribution is 0.567. The van der Waals surface area contributed by atoms with Crippen LogP contribution < -0.4 is 5.32 Å². The minimum atomic E-state index is 0.295. The quantitative estimate of drug-likeness (QED) is 0.759. The maximum absolute atomic E-state index is 6.01. The third-order valence-corrected chi connectivity index (χ3v) is 3.36. The van der Waals surface area contributed by atoms with Crippen molar-refractivity contribution in [2.75, 3.05) is 7.05 Å². The van der Waals surface area contributed by atoms with Crippen molar-refractivity contribution in [3.63, 3.8) is 0 Å². The maximum atomic E-state index is 6.01. The van der Waals surface area contributed by atoms with Gasteiger partial charge in [-0.1, -0.05) is 11.6 Å². The molecule has 1 aromatic heterocycles. The number of hydrogen-bond donors (Lipinski definition) is 1. The highest BCUT2D eigenvalue weighted by molar-refractivity contribution is 7.10. The molecular weight excluding hydrogens is 202 g/mol. The Bertz CT molecular complexity index is 300. The second-order valence-corrected chi connectivity index (χ2v) is 4.07. The lowest BCUT2D eigenvalue weighted by Crippen LogP contribution is -2.15. The Morgan fingerprint density at radius 3 is 3.00 bits per heavy atom. The van der Waals surface area contributed by atoms with Crippen LogP contribution in [-0.4, -0.2) is 7.05 Å².